The van der Waals surface area contributed by atoms with Crippen molar-refractivity contribution in [2.45, 2.75) is 35.3 Å². The molecule has 1 heterocycles. The number of thiophene rings is 1. The van der Waals surface area contributed by atoms with Crippen LogP contribution in [0.15, 0.2) is 10.3 Å². The van der Waals surface area contributed by atoms with Gasteiger partial charge in [0, 0.05) is 22.7 Å². The van der Waals surface area contributed by atoms with Crippen LogP contribution in [0.4, 0.5) is 0 Å². The van der Waals surface area contributed by atoms with Crippen LogP contribution in [0.3, 0.4) is 0 Å². The highest BCUT2D eigenvalue weighted by atomic mass is 32.2. The standard InChI is InChI=1S/C12H20N2O2S3/c1-9-6-11(18-10(9)7-13-2)19(15,16)14-8-12(17-3)4-5-12/h6,13-14H,4-5,7-8H2,1-3H3. The van der Waals surface area contributed by atoms with Crippen LogP contribution in [-0.2, 0) is 16.6 Å². The number of sulfonamides is 1. The maximum absolute atomic E-state index is 12.3. The highest BCUT2D eigenvalue weighted by Crippen LogP contribution is 2.46. The third-order valence-corrected chi connectivity index (χ3v) is 7.96. The predicted molar refractivity (Wildman–Crippen MR) is 82.5 cm³/mol. The average molecular weight is 321 g/mol. The quantitative estimate of drug-likeness (QED) is 0.806. The van der Waals surface area contributed by atoms with Crippen molar-refractivity contribution in [1.29, 1.82) is 0 Å². The van der Waals surface area contributed by atoms with Crippen molar-refractivity contribution in [3.63, 3.8) is 0 Å². The van der Waals surface area contributed by atoms with Crippen molar-refractivity contribution >= 4 is 33.1 Å². The molecule has 1 aromatic heterocycles. The van der Waals surface area contributed by atoms with Crippen LogP contribution >= 0.6 is 23.1 Å². The van der Waals surface area contributed by atoms with E-state index >= 15 is 0 Å². The summed E-state index contributed by atoms with van der Waals surface area (Å²) in [4.78, 5) is 1.08. The fourth-order valence-electron chi connectivity index (χ4n) is 1.85. The lowest BCUT2D eigenvalue weighted by Crippen LogP contribution is -2.31. The van der Waals surface area contributed by atoms with Gasteiger partial charge in [-0.25, -0.2) is 13.1 Å². The Balaban J connectivity index is 2.08. The largest absolute Gasteiger partial charge is 0.315 e. The van der Waals surface area contributed by atoms with Gasteiger partial charge in [-0.05, 0) is 44.7 Å². The van der Waals surface area contributed by atoms with Crippen LogP contribution in [0.2, 0.25) is 0 Å². The topological polar surface area (TPSA) is 58.2 Å². The van der Waals surface area contributed by atoms with Gasteiger partial charge in [0.25, 0.3) is 0 Å². The molecule has 0 saturated heterocycles. The van der Waals surface area contributed by atoms with Crippen molar-refractivity contribution in [3.05, 3.63) is 16.5 Å². The second-order valence-electron chi connectivity index (χ2n) is 4.91. The molecule has 2 N–H and O–H groups in total. The molecule has 0 bridgehead atoms. The molecule has 0 radical (unpaired) electrons. The maximum atomic E-state index is 12.3. The van der Waals surface area contributed by atoms with Crippen molar-refractivity contribution in [2.75, 3.05) is 19.8 Å². The molecule has 108 valence electrons. The third kappa shape index (κ3) is 3.52. The number of hydrogen-bond acceptors (Lipinski definition) is 5. The van der Waals surface area contributed by atoms with Gasteiger partial charge in [0.2, 0.25) is 10.0 Å². The van der Waals surface area contributed by atoms with Gasteiger partial charge in [-0.3, -0.25) is 0 Å². The minimum absolute atomic E-state index is 0.146. The Kier molecular flexibility index (Phi) is 4.62. The van der Waals surface area contributed by atoms with Gasteiger partial charge in [-0.1, -0.05) is 0 Å². The van der Waals surface area contributed by atoms with E-state index < -0.39 is 10.0 Å². The van der Waals surface area contributed by atoms with Crippen LogP contribution in [0, 0.1) is 6.92 Å². The van der Waals surface area contributed by atoms with E-state index in [9.17, 15) is 8.42 Å². The van der Waals surface area contributed by atoms with Crippen LogP contribution in [0.1, 0.15) is 23.3 Å². The smallest absolute Gasteiger partial charge is 0.250 e. The summed E-state index contributed by atoms with van der Waals surface area (Å²) in [6.07, 6.45) is 4.25. The van der Waals surface area contributed by atoms with E-state index in [1.807, 2.05) is 20.2 Å². The summed E-state index contributed by atoms with van der Waals surface area (Å²) < 4.78 is 27.8. The van der Waals surface area contributed by atoms with Gasteiger partial charge in [0.05, 0.1) is 0 Å². The Morgan fingerprint density at radius 2 is 2.16 bits per heavy atom. The second kappa shape index (κ2) is 5.73. The molecule has 0 aliphatic heterocycles. The summed E-state index contributed by atoms with van der Waals surface area (Å²) in [6, 6.07) is 1.76. The van der Waals surface area contributed by atoms with Crippen molar-refractivity contribution in [3.8, 4) is 0 Å². The van der Waals surface area contributed by atoms with Crippen molar-refractivity contribution in [2.24, 2.45) is 0 Å². The van der Waals surface area contributed by atoms with Gasteiger partial charge < -0.3 is 5.32 Å². The molecular formula is C12H20N2O2S3. The molecule has 7 heteroatoms. The first kappa shape index (κ1) is 15.3. The summed E-state index contributed by atoms with van der Waals surface area (Å²) >= 11 is 3.11. The first-order valence-electron chi connectivity index (χ1n) is 6.21. The highest BCUT2D eigenvalue weighted by molar-refractivity contribution is 8.00. The Bertz CT molecular complexity index is 547. The molecule has 1 aromatic rings. The Labute approximate surface area is 123 Å². The van der Waals surface area contributed by atoms with Crippen LogP contribution in [0.5, 0.6) is 0 Å². The molecule has 4 nitrogen and oxygen atoms in total. The van der Waals surface area contributed by atoms with Crippen LogP contribution < -0.4 is 10.0 Å². The summed E-state index contributed by atoms with van der Waals surface area (Å²) in [7, 11) is -1.49. The lowest BCUT2D eigenvalue weighted by atomic mass is 10.3. The molecule has 1 fully saturated rings. The van der Waals surface area contributed by atoms with E-state index in [2.05, 4.69) is 10.0 Å². The predicted octanol–water partition coefficient (Wildman–Crippen LogP) is 1.95. The number of rotatable bonds is 7. The zero-order chi connectivity index (χ0) is 14.1. The summed E-state index contributed by atoms with van der Waals surface area (Å²) in [5.74, 6) is 0. The minimum atomic E-state index is -3.36. The number of aryl methyl sites for hydroxylation is 1. The van der Waals surface area contributed by atoms with Gasteiger partial charge in [-0.2, -0.15) is 11.8 Å². The fraction of sp³-hybridized carbons (Fsp3) is 0.667. The number of thioether (sulfide) groups is 1. The Hall–Kier alpha value is -0.0800. The molecular weight excluding hydrogens is 300 g/mol. The maximum Gasteiger partial charge on any atom is 0.250 e. The normalized spacial score (nSPS) is 17.6. The van der Waals surface area contributed by atoms with Gasteiger partial charge in [0.15, 0.2) is 0 Å². The molecule has 0 aromatic carbocycles. The van der Waals surface area contributed by atoms with E-state index in [1.165, 1.54) is 11.3 Å². The molecule has 0 atom stereocenters. The third-order valence-electron chi connectivity index (χ3n) is 3.43. The van der Waals surface area contributed by atoms with Gasteiger partial charge >= 0.3 is 0 Å². The molecule has 2 rings (SSSR count). The molecule has 1 aliphatic rings. The zero-order valence-corrected chi connectivity index (χ0v) is 13.9. The first-order valence-corrected chi connectivity index (χ1v) is 9.74. The summed E-state index contributed by atoms with van der Waals surface area (Å²) in [6.45, 7) is 3.20. The SMILES string of the molecule is CNCc1sc(S(=O)(=O)NCC2(SC)CC2)cc1C. The first-order chi connectivity index (χ1) is 8.92. The van der Waals surface area contributed by atoms with E-state index in [1.54, 1.807) is 17.8 Å². The summed E-state index contributed by atoms with van der Waals surface area (Å²) in [5, 5.41) is 3.06. The molecule has 0 spiro atoms. The number of hydrogen-bond donors (Lipinski definition) is 2. The Morgan fingerprint density at radius 1 is 1.47 bits per heavy atom. The minimum Gasteiger partial charge on any atom is -0.315 e. The molecule has 19 heavy (non-hydrogen) atoms. The average Bonchev–Trinajstić information content (AvgIpc) is 3.07. The lowest BCUT2D eigenvalue weighted by molar-refractivity contribution is 0.582. The van der Waals surface area contributed by atoms with E-state index in [-0.39, 0.29) is 4.75 Å². The number of nitrogens with one attached hydrogen (secondary N) is 2. The summed E-state index contributed by atoms with van der Waals surface area (Å²) in [5.41, 5.74) is 1.03. The van der Waals surface area contributed by atoms with Crippen molar-refractivity contribution < 1.29 is 8.42 Å². The lowest BCUT2D eigenvalue weighted by Gasteiger charge is -2.12. The highest BCUT2D eigenvalue weighted by Gasteiger charge is 2.42. The van der Waals surface area contributed by atoms with E-state index in [4.69, 9.17) is 0 Å². The van der Waals surface area contributed by atoms with E-state index in [0.717, 1.165) is 23.3 Å². The Morgan fingerprint density at radius 3 is 2.68 bits per heavy atom. The van der Waals surface area contributed by atoms with Crippen LogP contribution in [-0.4, -0.2) is 33.0 Å². The fourth-order valence-corrected chi connectivity index (χ4v) is 5.44. The zero-order valence-electron chi connectivity index (χ0n) is 11.4. The van der Waals surface area contributed by atoms with Gasteiger partial charge in [-0.15, -0.1) is 11.3 Å². The second-order valence-corrected chi connectivity index (χ2v) is 9.32. The molecule has 0 unspecified atom stereocenters. The van der Waals surface area contributed by atoms with E-state index in [0.29, 0.717) is 17.3 Å². The van der Waals surface area contributed by atoms with Crippen LogP contribution in [0.25, 0.3) is 0 Å². The van der Waals surface area contributed by atoms with Crippen molar-refractivity contribution in [1.82, 2.24) is 10.0 Å². The molecule has 0 amide bonds. The van der Waals surface area contributed by atoms with Gasteiger partial charge in [0.1, 0.15) is 4.21 Å². The molecule has 1 aliphatic carbocycles. The monoisotopic (exact) mass is 320 g/mol. The molecule has 1 saturated carbocycles.